The summed E-state index contributed by atoms with van der Waals surface area (Å²) < 4.78 is 38.2. The van der Waals surface area contributed by atoms with Gasteiger partial charge in [-0.25, -0.2) is 4.98 Å². The standard InChI is InChI=1S/C14H16F3N5/c15-14(16,17)11-2-1-3-13(19-11)22-6-4-9(5-7-22)10-8-12(18)21-20-10/h1-3,8-9H,4-7H2,(H3,18,20,21). The normalized spacial score (nSPS) is 17.0. The van der Waals surface area contributed by atoms with Crippen LogP contribution in [0, 0.1) is 0 Å². The summed E-state index contributed by atoms with van der Waals surface area (Å²) in [6, 6.07) is 5.81. The van der Waals surface area contributed by atoms with Crippen LogP contribution in [0.4, 0.5) is 24.8 Å². The van der Waals surface area contributed by atoms with Crippen LogP contribution in [0.15, 0.2) is 24.3 Å². The van der Waals surface area contributed by atoms with E-state index in [1.807, 2.05) is 11.0 Å². The first-order valence-corrected chi connectivity index (χ1v) is 7.03. The molecule has 0 spiro atoms. The Morgan fingerprint density at radius 1 is 1.23 bits per heavy atom. The molecule has 0 aromatic carbocycles. The molecule has 5 nitrogen and oxygen atoms in total. The Hall–Kier alpha value is -2.25. The van der Waals surface area contributed by atoms with E-state index in [0.29, 0.717) is 30.6 Å². The van der Waals surface area contributed by atoms with Crippen LogP contribution in [0.25, 0.3) is 0 Å². The summed E-state index contributed by atoms with van der Waals surface area (Å²) in [4.78, 5) is 5.61. The van der Waals surface area contributed by atoms with Gasteiger partial charge in [-0.2, -0.15) is 18.3 Å². The number of nitrogens with zero attached hydrogens (tertiary/aromatic N) is 3. The van der Waals surface area contributed by atoms with Gasteiger partial charge in [0.05, 0.1) is 0 Å². The third-order valence-corrected chi connectivity index (χ3v) is 3.90. The van der Waals surface area contributed by atoms with Crippen LogP contribution in [-0.4, -0.2) is 28.3 Å². The number of rotatable bonds is 2. The highest BCUT2D eigenvalue weighted by atomic mass is 19.4. The molecule has 1 saturated heterocycles. The fourth-order valence-electron chi connectivity index (χ4n) is 2.74. The van der Waals surface area contributed by atoms with Gasteiger partial charge in [0, 0.05) is 30.8 Å². The fourth-order valence-corrected chi connectivity index (χ4v) is 2.74. The van der Waals surface area contributed by atoms with Crippen LogP contribution in [-0.2, 0) is 6.18 Å². The minimum absolute atomic E-state index is 0.298. The molecule has 0 radical (unpaired) electrons. The third kappa shape index (κ3) is 3.00. The summed E-state index contributed by atoms with van der Waals surface area (Å²) in [6.45, 7) is 1.30. The lowest BCUT2D eigenvalue weighted by atomic mass is 9.93. The number of hydrogen-bond donors (Lipinski definition) is 2. The Bertz CT molecular complexity index is 644. The lowest BCUT2D eigenvalue weighted by molar-refractivity contribution is -0.141. The minimum Gasteiger partial charge on any atom is -0.382 e. The first-order chi connectivity index (χ1) is 10.4. The second-order valence-corrected chi connectivity index (χ2v) is 5.39. The zero-order valence-corrected chi connectivity index (χ0v) is 11.8. The van der Waals surface area contributed by atoms with Crippen molar-refractivity contribution in [3.8, 4) is 0 Å². The van der Waals surface area contributed by atoms with E-state index in [4.69, 9.17) is 5.73 Å². The number of nitrogen functional groups attached to an aromatic ring is 1. The number of aromatic nitrogens is 3. The summed E-state index contributed by atoms with van der Waals surface area (Å²) in [5, 5.41) is 6.81. The van der Waals surface area contributed by atoms with E-state index in [1.54, 1.807) is 6.07 Å². The molecule has 0 amide bonds. The van der Waals surface area contributed by atoms with Gasteiger partial charge >= 0.3 is 6.18 Å². The van der Waals surface area contributed by atoms with E-state index in [1.165, 1.54) is 6.07 Å². The summed E-state index contributed by atoms with van der Waals surface area (Å²) in [7, 11) is 0. The molecule has 0 bridgehead atoms. The molecule has 8 heteroatoms. The molecular weight excluding hydrogens is 295 g/mol. The average molecular weight is 311 g/mol. The van der Waals surface area contributed by atoms with Gasteiger partial charge in [-0.05, 0) is 25.0 Å². The first kappa shape index (κ1) is 14.7. The van der Waals surface area contributed by atoms with Gasteiger partial charge in [0.1, 0.15) is 17.3 Å². The van der Waals surface area contributed by atoms with Crippen molar-refractivity contribution in [2.75, 3.05) is 23.7 Å². The molecule has 118 valence electrons. The quantitative estimate of drug-likeness (QED) is 0.894. The van der Waals surface area contributed by atoms with Crippen LogP contribution in [0.2, 0.25) is 0 Å². The van der Waals surface area contributed by atoms with Crippen molar-refractivity contribution in [1.29, 1.82) is 0 Å². The topological polar surface area (TPSA) is 70.8 Å². The molecule has 0 unspecified atom stereocenters. The molecule has 2 aromatic rings. The van der Waals surface area contributed by atoms with Gasteiger partial charge in [0.15, 0.2) is 0 Å². The third-order valence-electron chi connectivity index (χ3n) is 3.90. The smallest absolute Gasteiger partial charge is 0.382 e. The Morgan fingerprint density at radius 2 is 1.95 bits per heavy atom. The van der Waals surface area contributed by atoms with Gasteiger partial charge in [-0.3, -0.25) is 5.10 Å². The van der Waals surface area contributed by atoms with Crippen molar-refractivity contribution < 1.29 is 13.2 Å². The van der Waals surface area contributed by atoms with Crippen LogP contribution in [0.1, 0.15) is 30.1 Å². The van der Waals surface area contributed by atoms with E-state index in [9.17, 15) is 13.2 Å². The zero-order chi connectivity index (χ0) is 15.7. The maximum absolute atomic E-state index is 12.7. The Balaban J connectivity index is 1.69. The number of nitrogens with two attached hydrogens (primary N) is 1. The summed E-state index contributed by atoms with van der Waals surface area (Å²) in [5.74, 6) is 1.13. The van der Waals surface area contributed by atoms with Crippen LogP contribution < -0.4 is 10.6 Å². The van der Waals surface area contributed by atoms with Gasteiger partial charge < -0.3 is 10.6 Å². The van der Waals surface area contributed by atoms with Crippen molar-refractivity contribution in [2.24, 2.45) is 0 Å². The van der Waals surface area contributed by atoms with Crippen molar-refractivity contribution in [2.45, 2.75) is 24.9 Å². The Kier molecular flexibility index (Phi) is 3.67. The number of nitrogens with one attached hydrogen (secondary N) is 1. The monoisotopic (exact) mass is 311 g/mol. The number of pyridine rings is 1. The predicted octanol–water partition coefficient (Wildman–Crippen LogP) is 2.79. The van der Waals surface area contributed by atoms with Crippen molar-refractivity contribution in [3.63, 3.8) is 0 Å². The molecule has 22 heavy (non-hydrogen) atoms. The summed E-state index contributed by atoms with van der Waals surface area (Å²) >= 11 is 0. The van der Waals surface area contributed by atoms with Crippen molar-refractivity contribution >= 4 is 11.6 Å². The van der Waals surface area contributed by atoms with E-state index >= 15 is 0 Å². The zero-order valence-electron chi connectivity index (χ0n) is 11.8. The molecule has 0 saturated carbocycles. The molecule has 1 fully saturated rings. The Labute approximate surface area is 125 Å². The first-order valence-electron chi connectivity index (χ1n) is 7.03. The number of alkyl halides is 3. The van der Waals surface area contributed by atoms with E-state index < -0.39 is 11.9 Å². The lowest BCUT2D eigenvalue weighted by Crippen LogP contribution is -2.34. The second kappa shape index (κ2) is 5.51. The average Bonchev–Trinajstić information content (AvgIpc) is 2.93. The van der Waals surface area contributed by atoms with Crippen LogP contribution in [0.5, 0.6) is 0 Å². The molecule has 1 aliphatic heterocycles. The van der Waals surface area contributed by atoms with Gasteiger partial charge in [0.25, 0.3) is 0 Å². The number of piperidine rings is 1. The number of halogens is 3. The highest BCUT2D eigenvalue weighted by molar-refractivity contribution is 5.41. The minimum atomic E-state index is -4.41. The molecular formula is C14H16F3N5. The maximum atomic E-state index is 12.7. The number of hydrogen-bond acceptors (Lipinski definition) is 4. The number of H-pyrrole nitrogens is 1. The maximum Gasteiger partial charge on any atom is 0.433 e. The van der Waals surface area contributed by atoms with Gasteiger partial charge in [-0.1, -0.05) is 6.07 Å². The highest BCUT2D eigenvalue weighted by Crippen LogP contribution is 2.32. The molecule has 2 aromatic heterocycles. The van der Waals surface area contributed by atoms with Crippen LogP contribution in [0.3, 0.4) is 0 Å². The van der Waals surface area contributed by atoms with Crippen molar-refractivity contribution in [3.05, 3.63) is 35.7 Å². The summed E-state index contributed by atoms with van der Waals surface area (Å²) in [5.41, 5.74) is 5.72. The van der Waals surface area contributed by atoms with Gasteiger partial charge in [-0.15, -0.1) is 0 Å². The van der Waals surface area contributed by atoms with Crippen LogP contribution >= 0.6 is 0 Å². The van der Waals surface area contributed by atoms with E-state index in [-0.39, 0.29) is 0 Å². The predicted molar refractivity (Wildman–Crippen MR) is 76.4 cm³/mol. The van der Waals surface area contributed by atoms with Crippen molar-refractivity contribution in [1.82, 2.24) is 15.2 Å². The molecule has 0 aliphatic carbocycles. The molecule has 1 aliphatic rings. The SMILES string of the molecule is Nc1cc(C2CCN(c3cccc(C(F)(F)F)n3)CC2)[nH]n1. The Morgan fingerprint density at radius 3 is 2.55 bits per heavy atom. The number of aromatic amines is 1. The van der Waals surface area contributed by atoms with E-state index in [0.717, 1.165) is 24.6 Å². The molecule has 0 atom stereocenters. The number of anilines is 2. The molecule has 3 rings (SSSR count). The molecule has 3 N–H and O–H groups in total. The fraction of sp³-hybridized carbons (Fsp3) is 0.429. The summed E-state index contributed by atoms with van der Waals surface area (Å²) in [6.07, 6.45) is -2.78. The highest BCUT2D eigenvalue weighted by Gasteiger charge is 2.33. The van der Waals surface area contributed by atoms with E-state index in [2.05, 4.69) is 15.2 Å². The second-order valence-electron chi connectivity index (χ2n) is 5.39. The lowest BCUT2D eigenvalue weighted by Gasteiger charge is -2.32. The molecule has 3 heterocycles. The largest absolute Gasteiger partial charge is 0.433 e. The van der Waals surface area contributed by atoms with Gasteiger partial charge in [0.2, 0.25) is 0 Å².